The maximum atomic E-state index is 11.8. The van der Waals surface area contributed by atoms with Crippen LogP contribution in [0, 0.1) is 0 Å². The summed E-state index contributed by atoms with van der Waals surface area (Å²) in [5, 5.41) is 4.88. The van der Waals surface area contributed by atoms with Crippen molar-refractivity contribution in [2.45, 2.75) is 12.0 Å². The minimum Gasteiger partial charge on any atom is -0.490 e. The molecule has 1 fully saturated rings. The number of rotatable bonds is 0. The average molecular weight is 297 g/mol. The molecule has 1 spiro atoms. The molecule has 0 saturated carbocycles. The quantitative estimate of drug-likeness (QED) is 0.701. The third-order valence-corrected chi connectivity index (χ3v) is 3.50. The van der Waals surface area contributed by atoms with Crippen LogP contribution < -0.4 is 15.4 Å². The Kier molecular flexibility index (Phi) is 2.16. The Labute approximate surface area is 106 Å². The molecule has 0 aromatic heterocycles. The minimum atomic E-state index is -0.953. The summed E-state index contributed by atoms with van der Waals surface area (Å²) in [6.07, 6.45) is 0.444. The Bertz CT molecular complexity index is 531. The number of urea groups is 1. The van der Waals surface area contributed by atoms with Crippen LogP contribution in [-0.2, 0) is 11.2 Å². The summed E-state index contributed by atoms with van der Waals surface area (Å²) < 4.78 is 6.46. The van der Waals surface area contributed by atoms with Gasteiger partial charge in [0.2, 0.25) is 0 Å². The van der Waals surface area contributed by atoms with E-state index in [9.17, 15) is 9.59 Å². The Balaban J connectivity index is 1.99. The van der Waals surface area contributed by atoms with E-state index in [0.717, 1.165) is 15.8 Å². The molecule has 5 nitrogen and oxygen atoms in total. The predicted octanol–water partition coefficient (Wildman–Crippen LogP) is 0.962. The molecule has 17 heavy (non-hydrogen) atoms. The number of hydrogen-bond donors (Lipinski definition) is 2. The lowest BCUT2D eigenvalue weighted by Crippen LogP contribution is -2.55. The molecule has 0 radical (unpaired) electrons. The number of nitrogens with one attached hydrogen (secondary N) is 2. The highest BCUT2D eigenvalue weighted by Crippen LogP contribution is 2.32. The average Bonchev–Trinajstić information content (AvgIpc) is 2.53. The van der Waals surface area contributed by atoms with Crippen molar-refractivity contribution in [1.82, 2.24) is 10.6 Å². The smallest absolute Gasteiger partial charge is 0.322 e. The highest BCUT2D eigenvalue weighted by Gasteiger charge is 2.49. The molecule has 1 unspecified atom stereocenters. The van der Waals surface area contributed by atoms with Crippen LogP contribution in [0.15, 0.2) is 22.7 Å². The van der Waals surface area contributed by atoms with Crippen LogP contribution in [0.5, 0.6) is 5.75 Å². The van der Waals surface area contributed by atoms with Crippen molar-refractivity contribution in [2.24, 2.45) is 0 Å². The summed E-state index contributed by atoms with van der Waals surface area (Å²) in [5.74, 6) is 0.431. The zero-order chi connectivity index (χ0) is 12.0. The van der Waals surface area contributed by atoms with Crippen molar-refractivity contribution in [2.75, 3.05) is 6.61 Å². The largest absolute Gasteiger partial charge is 0.490 e. The molecule has 3 amide bonds. The van der Waals surface area contributed by atoms with Gasteiger partial charge in [-0.05, 0) is 23.8 Å². The van der Waals surface area contributed by atoms with E-state index in [4.69, 9.17) is 4.74 Å². The number of carbonyl (C=O) groups excluding carboxylic acids is 2. The van der Waals surface area contributed by atoms with Crippen molar-refractivity contribution < 1.29 is 14.3 Å². The van der Waals surface area contributed by atoms with Crippen LogP contribution >= 0.6 is 15.9 Å². The van der Waals surface area contributed by atoms with Crippen LogP contribution in [-0.4, -0.2) is 24.1 Å². The summed E-state index contributed by atoms with van der Waals surface area (Å²) in [6.45, 7) is 0.166. The lowest BCUT2D eigenvalue weighted by Gasteiger charge is -2.31. The van der Waals surface area contributed by atoms with E-state index in [2.05, 4.69) is 26.6 Å². The maximum absolute atomic E-state index is 11.8. The Morgan fingerprint density at radius 1 is 1.35 bits per heavy atom. The SMILES string of the molecule is O=C1NC(=O)C2(COc3ccc(Br)cc3C2)N1. The van der Waals surface area contributed by atoms with Crippen LogP contribution in [0.4, 0.5) is 4.79 Å². The summed E-state index contributed by atoms with van der Waals surface area (Å²) in [5.41, 5.74) is -0.0480. The Hall–Kier alpha value is -1.56. The second-order valence-corrected chi connectivity index (χ2v) is 5.12. The van der Waals surface area contributed by atoms with Crippen LogP contribution in [0.25, 0.3) is 0 Å². The van der Waals surface area contributed by atoms with Gasteiger partial charge in [0.05, 0.1) is 0 Å². The van der Waals surface area contributed by atoms with Crippen molar-refractivity contribution in [3.63, 3.8) is 0 Å². The van der Waals surface area contributed by atoms with Gasteiger partial charge in [-0.15, -0.1) is 0 Å². The van der Waals surface area contributed by atoms with E-state index >= 15 is 0 Å². The molecule has 2 aliphatic heterocycles. The van der Waals surface area contributed by atoms with E-state index in [0.29, 0.717) is 6.42 Å². The summed E-state index contributed by atoms with van der Waals surface area (Å²) in [7, 11) is 0. The zero-order valence-electron chi connectivity index (χ0n) is 8.75. The van der Waals surface area contributed by atoms with E-state index in [-0.39, 0.29) is 12.5 Å². The standard InChI is InChI=1S/C11H9BrN2O3/c12-7-1-2-8-6(3-7)4-11(5-17-8)9(15)13-10(16)14-11/h1-3H,4-5H2,(H2,13,14,15,16). The van der Waals surface area contributed by atoms with Gasteiger partial charge in [-0.3, -0.25) is 10.1 Å². The highest BCUT2D eigenvalue weighted by molar-refractivity contribution is 9.10. The molecule has 2 N–H and O–H groups in total. The minimum absolute atomic E-state index is 0.166. The van der Waals surface area contributed by atoms with Gasteiger partial charge >= 0.3 is 6.03 Å². The fraction of sp³-hybridized carbons (Fsp3) is 0.273. The van der Waals surface area contributed by atoms with Gasteiger partial charge < -0.3 is 10.1 Å². The van der Waals surface area contributed by atoms with Gasteiger partial charge in [0.25, 0.3) is 5.91 Å². The van der Waals surface area contributed by atoms with E-state index in [1.165, 1.54) is 0 Å². The van der Waals surface area contributed by atoms with Gasteiger partial charge in [0, 0.05) is 10.9 Å². The lowest BCUT2D eigenvalue weighted by atomic mass is 9.89. The first kappa shape index (κ1) is 10.6. The first-order valence-electron chi connectivity index (χ1n) is 5.14. The first-order chi connectivity index (χ1) is 8.09. The van der Waals surface area contributed by atoms with Crippen molar-refractivity contribution in [3.8, 4) is 5.75 Å². The third-order valence-electron chi connectivity index (χ3n) is 3.00. The van der Waals surface area contributed by atoms with Crippen molar-refractivity contribution >= 4 is 27.9 Å². The van der Waals surface area contributed by atoms with Gasteiger partial charge in [-0.1, -0.05) is 15.9 Å². The lowest BCUT2D eigenvalue weighted by molar-refractivity contribution is -0.125. The first-order valence-corrected chi connectivity index (χ1v) is 5.93. The Morgan fingerprint density at radius 2 is 2.18 bits per heavy atom. The molecule has 1 saturated heterocycles. The predicted molar refractivity (Wildman–Crippen MR) is 62.7 cm³/mol. The molecule has 0 bridgehead atoms. The molecule has 3 rings (SSSR count). The van der Waals surface area contributed by atoms with Gasteiger partial charge in [0.1, 0.15) is 12.4 Å². The third kappa shape index (κ3) is 1.59. The number of imide groups is 1. The fourth-order valence-corrected chi connectivity index (χ4v) is 2.57. The Morgan fingerprint density at radius 3 is 2.88 bits per heavy atom. The van der Waals surface area contributed by atoms with Crippen molar-refractivity contribution in [3.05, 3.63) is 28.2 Å². The van der Waals surface area contributed by atoms with Crippen LogP contribution in [0.1, 0.15) is 5.56 Å². The molecule has 6 heteroatoms. The van der Waals surface area contributed by atoms with Crippen molar-refractivity contribution in [1.29, 1.82) is 0 Å². The number of fused-ring (bicyclic) bond motifs is 1. The zero-order valence-corrected chi connectivity index (χ0v) is 10.3. The number of carbonyl (C=O) groups is 2. The second kappa shape index (κ2) is 3.46. The monoisotopic (exact) mass is 296 g/mol. The molecule has 1 atom stereocenters. The van der Waals surface area contributed by atoms with Crippen LogP contribution in [0.2, 0.25) is 0 Å². The number of ether oxygens (including phenoxy) is 1. The molecular formula is C11H9BrN2O3. The molecule has 1 aromatic rings. The van der Waals surface area contributed by atoms with Gasteiger partial charge in [-0.25, -0.2) is 4.79 Å². The second-order valence-electron chi connectivity index (χ2n) is 4.21. The summed E-state index contributed by atoms with van der Waals surface area (Å²) in [6, 6.07) is 5.16. The number of benzene rings is 1. The molecule has 1 aromatic carbocycles. The number of hydrogen-bond acceptors (Lipinski definition) is 3. The van der Waals surface area contributed by atoms with E-state index in [1.807, 2.05) is 18.2 Å². The molecule has 2 heterocycles. The molecule has 2 aliphatic rings. The topological polar surface area (TPSA) is 67.4 Å². The normalized spacial score (nSPS) is 26.2. The van der Waals surface area contributed by atoms with E-state index < -0.39 is 11.6 Å². The summed E-state index contributed by atoms with van der Waals surface area (Å²) in [4.78, 5) is 23.0. The summed E-state index contributed by atoms with van der Waals surface area (Å²) >= 11 is 3.37. The number of amides is 3. The van der Waals surface area contributed by atoms with Gasteiger partial charge in [-0.2, -0.15) is 0 Å². The number of halogens is 1. The van der Waals surface area contributed by atoms with Crippen LogP contribution in [0.3, 0.4) is 0 Å². The van der Waals surface area contributed by atoms with E-state index in [1.54, 1.807) is 0 Å². The molecule has 0 aliphatic carbocycles. The fourth-order valence-electron chi connectivity index (χ4n) is 2.16. The van der Waals surface area contributed by atoms with Gasteiger partial charge in [0.15, 0.2) is 5.54 Å². The molecular weight excluding hydrogens is 288 g/mol. The highest BCUT2D eigenvalue weighted by atomic mass is 79.9. The maximum Gasteiger partial charge on any atom is 0.322 e. The molecule has 88 valence electrons.